The van der Waals surface area contributed by atoms with Crippen molar-refractivity contribution in [3.05, 3.63) is 17.7 Å². The van der Waals surface area contributed by atoms with Crippen LogP contribution in [0.2, 0.25) is 0 Å². The van der Waals surface area contributed by atoms with Crippen LogP contribution in [-0.4, -0.2) is 30.5 Å². The number of carbonyl (C=O) groups is 1. The molecule has 0 fully saturated rings. The van der Waals surface area contributed by atoms with E-state index in [9.17, 15) is 13.6 Å². The molecule has 1 heterocycles. The lowest BCUT2D eigenvalue weighted by atomic mass is 10.3. The van der Waals surface area contributed by atoms with Crippen LogP contribution in [0.3, 0.4) is 0 Å². The molecule has 18 heavy (non-hydrogen) atoms. The molecule has 0 bridgehead atoms. The van der Waals surface area contributed by atoms with E-state index in [1.54, 1.807) is 13.8 Å². The predicted molar refractivity (Wildman–Crippen MR) is 65.4 cm³/mol. The van der Waals surface area contributed by atoms with E-state index < -0.39 is 17.5 Å². The first kappa shape index (κ1) is 14.1. The standard InChI is InChI=1S/C11H16F2N4O/c1-6(2)17(5-9(14)18)11-8(13)4-7(12)10(15-3)16-11/h4,6H,5H2,1-3H3,(H2,14,18)(H,15,16). The normalized spacial score (nSPS) is 10.6. The van der Waals surface area contributed by atoms with Crippen molar-refractivity contribution in [3.8, 4) is 0 Å². The van der Waals surface area contributed by atoms with Gasteiger partial charge >= 0.3 is 0 Å². The van der Waals surface area contributed by atoms with Crippen molar-refractivity contribution in [3.63, 3.8) is 0 Å². The van der Waals surface area contributed by atoms with Gasteiger partial charge in [0.05, 0.1) is 6.54 Å². The van der Waals surface area contributed by atoms with Gasteiger partial charge in [-0.3, -0.25) is 4.79 Å². The number of aromatic nitrogens is 1. The number of primary amides is 1. The maximum Gasteiger partial charge on any atom is 0.237 e. The molecule has 1 aromatic rings. The Balaban J connectivity index is 3.22. The van der Waals surface area contributed by atoms with Gasteiger partial charge in [0.25, 0.3) is 0 Å². The number of anilines is 2. The Labute approximate surface area is 104 Å². The number of hydrogen-bond acceptors (Lipinski definition) is 4. The topological polar surface area (TPSA) is 71.2 Å². The Kier molecular flexibility index (Phi) is 4.41. The summed E-state index contributed by atoms with van der Waals surface area (Å²) in [6.45, 7) is 3.33. The number of nitrogens with one attached hydrogen (secondary N) is 1. The molecule has 0 aromatic carbocycles. The Morgan fingerprint density at radius 1 is 1.50 bits per heavy atom. The van der Waals surface area contributed by atoms with E-state index in [0.717, 1.165) is 6.07 Å². The summed E-state index contributed by atoms with van der Waals surface area (Å²) < 4.78 is 27.0. The lowest BCUT2D eigenvalue weighted by Crippen LogP contribution is -2.39. The van der Waals surface area contributed by atoms with Crippen molar-refractivity contribution in [1.29, 1.82) is 0 Å². The van der Waals surface area contributed by atoms with Gasteiger partial charge in [0, 0.05) is 19.2 Å². The minimum Gasteiger partial charge on any atom is -0.371 e. The van der Waals surface area contributed by atoms with Crippen molar-refractivity contribution in [1.82, 2.24) is 4.98 Å². The summed E-state index contributed by atoms with van der Waals surface area (Å²) in [5.74, 6) is -2.42. The van der Waals surface area contributed by atoms with E-state index in [1.165, 1.54) is 11.9 Å². The molecule has 3 N–H and O–H groups in total. The second-order valence-electron chi connectivity index (χ2n) is 4.06. The van der Waals surface area contributed by atoms with Gasteiger partial charge in [0.2, 0.25) is 5.91 Å². The molecule has 0 saturated heterocycles. The molecular weight excluding hydrogens is 242 g/mol. The van der Waals surface area contributed by atoms with Gasteiger partial charge in [-0.05, 0) is 13.8 Å². The zero-order valence-corrected chi connectivity index (χ0v) is 10.5. The molecule has 1 amide bonds. The number of hydrogen-bond donors (Lipinski definition) is 2. The fourth-order valence-corrected chi connectivity index (χ4v) is 1.50. The van der Waals surface area contributed by atoms with Gasteiger partial charge in [-0.2, -0.15) is 0 Å². The highest BCUT2D eigenvalue weighted by Crippen LogP contribution is 2.23. The van der Waals surface area contributed by atoms with Crippen LogP contribution >= 0.6 is 0 Å². The van der Waals surface area contributed by atoms with Crippen molar-refractivity contribution in [2.75, 3.05) is 23.8 Å². The highest BCUT2D eigenvalue weighted by molar-refractivity contribution is 5.79. The van der Waals surface area contributed by atoms with Crippen LogP contribution in [0, 0.1) is 11.6 Å². The molecule has 0 aliphatic heterocycles. The number of amides is 1. The summed E-state index contributed by atoms with van der Waals surface area (Å²) in [5.41, 5.74) is 5.10. The van der Waals surface area contributed by atoms with Crippen LogP contribution in [-0.2, 0) is 4.79 Å². The van der Waals surface area contributed by atoms with Crippen LogP contribution in [0.1, 0.15) is 13.8 Å². The lowest BCUT2D eigenvalue weighted by molar-refractivity contribution is -0.116. The van der Waals surface area contributed by atoms with Crippen molar-refractivity contribution in [2.24, 2.45) is 5.73 Å². The van der Waals surface area contributed by atoms with Gasteiger partial charge in [0.15, 0.2) is 23.3 Å². The second kappa shape index (κ2) is 5.61. The fourth-order valence-electron chi connectivity index (χ4n) is 1.50. The second-order valence-corrected chi connectivity index (χ2v) is 4.06. The van der Waals surface area contributed by atoms with E-state index in [-0.39, 0.29) is 24.2 Å². The molecule has 0 radical (unpaired) electrons. The molecule has 0 saturated carbocycles. The van der Waals surface area contributed by atoms with Crippen molar-refractivity contribution < 1.29 is 13.6 Å². The Hall–Kier alpha value is -1.92. The van der Waals surface area contributed by atoms with Crippen LogP contribution < -0.4 is 16.0 Å². The molecule has 7 heteroatoms. The quantitative estimate of drug-likeness (QED) is 0.829. The fraction of sp³-hybridized carbons (Fsp3) is 0.455. The van der Waals surface area contributed by atoms with Crippen LogP contribution in [0.25, 0.3) is 0 Å². The molecule has 1 rings (SSSR count). The monoisotopic (exact) mass is 258 g/mol. The number of nitrogens with two attached hydrogens (primary N) is 1. The van der Waals surface area contributed by atoms with E-state index >= 15 is 0 Å². The smallest absolute Gasteiger partial charge is 0.237 e. The molecule has 0 atom stereocenters. The van der Waals surface area contributed by atoms with Crippen molar-refractivity contribution >= 4 is 17.5 Å². The third kappa shape index (κ3) is 3.06. The summed E-state index contributed by atoms with van der Waals surface area (Å²) in [6.07, 6.45) is 0. The summed E-state index contributed by atoms with van der Waals surface area (Å²) in [7, 11) is 1.47. The SMILES string of the molecule is CNc1nc(N(CC(N)=O)C(C)C)c(F)cc1F. The first-order valence-corrected chi connectivity index (χ1v) is 5.45. The van der Waals surface area contributed by atoms with Gasteiger partial charge in [-0.25, -0.2) is 13.8 Å². The molecule has 0 aliphatic carbocycles. The number of pyridine rings is 1. The molecule has 5 nitrogen and oxygen atoms in total. The maximum absolute atomic E-state index is 13.7. The summed E-state index contributed by atoms with van der Waals surface area (Å²) >= 11 is 0. The molecule has 1 aromatic heterocycles. The molecule has 100 valence electrons. The van der Waals surface area contributed by atoms with Gasteiger partial charge in [0.1, 0.15) is 0 Å². The number of halogens is 2. The average molecular weight is 258 g/mol. The number of carbonyl (C=O) groups excluding carboxylic acids is 1. The minimum absolute atomic E-state index is 0.0819. The third-order valence-corrected chi connectivity index (χ3v) is 2.37. The Morgan fingerprint density at radius 2 is 2.11 bits per heavy atom. The predicted octanol–water partition coefficient (Wildman–Crippen LogP) is 1.10. The first-order valence-electron chi connectivity index (χ1n) is 5.45. The molecule has 0 unspecified atom stereocenters. The Bertz CT molecular complexity index is 451. The lowest BCUT2D eigenvalue weighted by Gasteiger charge is -2.27. The minimum atomic E-state index is -0.832. The van der Waals surface area contributed by atoms with Crippen LogP contribution in [0.4, 0.5) is 20.4 Å². The first-order chi connectivity index (χ1) is 8.36. The number of nitrogens with zero attached hydrogens (tertiary/aromatic N) is 2. The van der Waals surface area contributed by atoms with E-state index in [4.69, 9.17) is 5.73 Å². The van der Waals surface area contributed by atoms with Gasteiger partial charge in [-0.15, -0.1) is 0 Å². The van der Waals surface area contributed by atoms with Gasteiger partial charge in [-0.1, -0.05) is 0 Å². The zero-order valence-electron chi connectivity index (χ0n) is 10.5. The van der Waals surface area contributed by atoms with E-state index in [2.05, 4.69) is 10.3 Å². The van der Waals surface area contributed by atoms with E-state index in [0.29, 0.717) is 0 Å². The van der Waals surface area contributed by atoms with E-state index in [1.807, 2.05) is 0 Å². The maximum atomic E-state index is 13.7. The Morgan fingerprint density at radius 3 is 2.56 bits per heavy atom. The highest BCUT2D eigenvalue weighted by atomic mass is 19.1. The number of rotatable bonds is 5. The van der Waals surface area contributed by atoms with Gasteiger partial charge < -0.3 is 16.0 Å². The summed E-state index contributed by atoms with van der Waals surface area (Å²) in [4.78, 5) is 16.2. The zero-order chi connectivity index (χ0) is 13.9. The molecule has 0 aliphatic rings. The third-order valence-electron chi connectivity index (χ3n) is 2.37. The van der Waals surface area contributed by atoms with Crippen molar-refractivity contribution in [2.45, 2.75) is 19.9 Å². The van der Waals surface area contributed by atoms with Crippen LogP contribution in [0.5, 0.6) is 0 Å². The average Bonchev–Trinajstić information content (AvgIpc) is 2.26. The molecular formula is C11H16F2N4O. The largest absolute Gasteiger partial charge is 0.371 e. The summed E-state index contributed by atoms with van der Waals surface area (Å²) in [5, 5.41) is 2.51. The molecule has 0 spiro atoms. The summed E-state index contributed by atoms with van der Waals surface area (Å²) in [6, 6.07) is 0.527. The highest BCUT2D eigenvalue weighted by Gasteiger charge is 2.20. The van der Waals surface area contributed by atoms with Crippen LogP contribution in [0.15, 0.2) is 6.07 Å².